The Morgan fingerprint density at radius 2 is 1.87 bits per heavy atom. The van der Waals surface area contributed by atoms with E-state index in [-0.39, 0.29) is 70.6 Å². The van der Waals surface area contributed by atoms with E-state index in [1.165, 1.54) is 31.9 Å². The Hall–Kier alpha value is -4.84. The van der Waals surface area contributed by atoms with Gasteiger partial charge in [0, 0.05) is 12.1 Å². The zero-order valence-corrected chi connectivity index (χ0v) is 27.4. The zero-order valence-electron chi connectivity index (χ0n) is 27.4. The maximum atomic E-state index is 13.3. The number of amides is 1. The number of aromatic hydroxyl groups is 1. The molecule has 0 unspecified atom stereocenters. The van der Waals surface area contributed by atoms with Crippen molar-refractivity contribution in [3.8, 4) is 28.7 Å². The predicted molar refractivity (Wildman–Crippen MR) is 174 cm³/mol. The molecule has 1 aliphatic heterocycles. The monoisotopic (exact) mass is 647 g/mol. The minimum absolute atomic E-state index is 0.0212. The fourth-order valence-corrected chi connectivity index (χ4v) is 6.33. The molecule has 0 spiro atoms. The van der Waals surface area contributed by atoms with E-state index in [4.69, 9.17) is 18.9 Å². The van der Waals surface area contributed by atoms with Crippen molar-refractivity contribution in [1.82, 2.24) is 4.98 Å². The SMILES string of the molecule is COc1cc(C(=O)O)c2c(c1C)OC(=O)c1c(C)cc(O)c(CNc3ccc(NC(=O)CO[C@@H]4C[C@H](C)CC[C@H]4C(C)C)nc3)c1O2. The van der Waals surface area contributed by atoms with Crippen LogP contribution >= 0.6 is 0 Å². The number of aromatic carboxylic acids is 1. The van der Waals surface area contributed by atoms with Crippen LogP contribution in [-0.4, -0.2) is 52.9 Å². The van der Waals surface area contributed by atoms with Gasteiger partial charge in [0.05, 0.1) is 30.7 Å². The van der Waals surface area contributed by atoms with Gasteiger partial charge < -0.3 is 39.8 Å². The molecule has 4 N–H and O–H groups in total. The summed E-state index contributed by atoms with van der Waals surface area (Å²) in [5.41, 5.74) is 1.28. The van der Waals surface area contributed by atoms with Crippen LogP contribution in [0.4, 0.5) is 11.5 Å². The molecule has 12 heteroatoms. The lowest BCUT2D eigenvalue weighted by atomic mass is 9.75. The van der Waals surface area contributed by atoms with Crippen LogP contribution in [0.3, 0.4) is 0 Å². The standard InChI is InChI=1S/C35H41N3O9/c1-17(2)22-9-7-18(3)11-27(22)45-16-29(40)38-28-10-8-21(14-37-28)36-15-24-25(39)12-19(4)30-32(24)46-33-23(34(41)42)13-26(44-6)20(5)31(33)47-35(30)43/h8,10,12-14,17-18,22,27,36,39H,7,9,11,15-16H2,1-6H3,(H,41,42)(H,37,38,40)/t18-,22+,27-/m1/s1. The van der Waals surface area contributed by atoms with Gasteiger partial charge in [0.2, 0.25) is 0 Å². The van der Waals surface area contributed by atoms with Crippen molar-refractivity contribution in [2.45, 2.75) is 66.5 Å². The predicted octanol–water partition coefficient (Wildman–Crippen LogP) is 6.46. The number of esters is 1. The lowest BCUT2D eigenvalue weighted by molar-refractivity contribution is -0.126. The second-order valence-electron chi connectivity index (χ2n) is 12.6. The van der Waals surface area contributed by atoms with Crippen LogP contribution in [0.25, 0.3) is 0 Å². The largest absolute Gasteiger partial charge is 0.507 e. The number of phenolic OH excluding ortho intramolecular Hbond substituents is 1. The van der Waals surface area contributed by atoms with Crippen LogP contribution < -0.4 is 24.8 Å². The Morgan fingerprint density at radius 3 is 2.53 bits per heavy atom. The number of carboxylic acids is 1. The summed E-state index contributed by atoms with van der Waals surface area (Å²) in [4.78, 5) is 42.5. The Kier molecular flexibility index (Phi) is 9.90. The quantitative estimate of drug-likeness (QED) is 0.141. The molecule has 2 aromatic carbocycles. The second kappa shape index (κ2) is 13.9. The summed E-state index contributed by atoms with van der Waals surface area (Å²) >= 11 is 0. The number of rotatable bonds is 10. The molecule has 250 valence electrons. The zero-order chi connectivity index (χ0) is 34.0. The van der Waals surface area contributed by atoms with E-state index in [0.717, 1.165) is 12.8 Å². The third-order valence-corrected chi connectivity index (χ3v) is 8.94. The van der Waals surface area contributed by atoms with Gasteiger partial charge in [-0.2, -0.15) is 0 Å². The Bertz CT molecular complexity index is 1690. The summed E-state index contributed by atoms with van der Waals surface area (Å²) in [6.07, 6.45) is 4.80. The van der Waals surface area contributed by atoms with Gasteiger partial charge in [0.1, 0.15) is 35.1 Å². The molecule has 0 bridgehead atoms. The maximum absolute atomic E-state index is 13.3. The first-order valence-corrected chi connectivity index (χ1v) is 15.7. The molecule has 0 radical (unpaired) electrons. The molecule has 12 nitrogen and oxygen atoms in total. The average Bonchev–Trinajstić information content (AvgIpc) is 3.17. The number of aromatic nitrogens is 1. The highest BCUT2D eigenvalue weighted by Crippen LogP contribution is 2.48. The van der Waals surface area contributed by atoms with Crippen molar-refractivity contribution in [1.29, 1.82) is 0 Å². The number of carbonyl (C=O) groups is 3. The summed E-state index contributed by atoms with van der Waals surface area (Å²) in [7, 11) is 1.38. The van der Waals surface area contributed by atoms with Gasteiger partial charge in [-0.15, -0.1) is 0 Å². The van der Waals surface area contributed by atoms with Gasteiger partial charge in [-0.3, -0.25) is 4.79 Å². The van der Waals surface area contributed by atoms with Gasteiger partial charge in [-0.1, -0.05) is 27.2 Å². The Balaban J connectivity index is 1.30. The van der Waals surface area contributed by atoms with E-state index >= 15 is 0 Å². The minimum Gasteiger partial charge on any atom is -0.507 e. The molecule has 1 saturated carbocycles. The fourth-order valence-electron chi connectivity index (χ4n) is 6.33. The van der Waals surface area contributed by atoms with Crippen LogP contribution in [-0.2, 0) is 16.1 Å². The highest BCUT2D eigenvalue weighted by atomic mass is 16.6. The number of nitrogens with one attached hydrogen (secondary N) is 2. The van der Waals surface area contributed by atoms with Crippen molar-refractivity contribution >= 4 is 29.4 Å². The molecule has 1 fully saturated rings. The van der Waals surface area contributed by atoms with Gasteiger partial charge in [0.25, 0.3) is 5.91 Å². The van der Waals surface area contributed by atoms with E-state index in [2.05, 4.69) is 36.4 Å². The summed E-state index contributed by atoms with van der Waals surface area (Å²) in [6.45, 7) is 9.77. The molecule has 47 heavy (non-hydrogen) atoms. The van der Waals surface area contributed by atoms with Gasteiger partial charge >= 0.3 is 11.9 Å². The number of fused-ring (bicyclic) bond motifs is 2. The molecule has 3 atom stereocenters. The van der Waals surface area contributed by atoms with Crippen LogP contribution in [0, 0.1) is 31.6 Å². The number of anilines is 2. The normalized spacial score (nSPS) is 18.7. The number of hydrogen-bond acceptors (Lipinski definition) is 10. The van der Waals surface area contributed by atoms with Crippen molar-refractivity contribution in [2.24, 2.45) is 17.8 Å². The molecule has 1 aromatic heterocycles. The number of benzene rings is 2. The molecule has 1 amide bonds. The van der Waals surface area contributed by atoms with Gasteiger partial charge in [0.15, 0.2) is 17.2 Å². The summed E-state index contributed by atoms with van der Waals surface area (Å²) in [5, 5.41) is 26.8. The molecule has 2 aliphatic rings. The average molecular weight is 648 g/mol. The van der Waals surface area contributed by atoms with Crippen LogP contribution in [0.1, 0.15) is 77.4 Å². The minimum atomic E-state index is -1.32. The second-order valence-corrected chi connectivity index (χ2v) is 12.6. The van der Waals surface area contributed by atoms with Crippen LogP contribution in [0.2, 0.25) is 0 Å². The molecule has 0 saturated heterocycles. The Labute approximate surface area is 273 Å². The fraction of sp³-hybridized carbons (Fsp3) is 0.429. The topological polar surface area (TPSA) is 166 Å². The number of pyridine rings is 1. The maximum Gasteiger partial charge on any atom is 0.347 e. The number of phenols is 1. The van der Waals surface area contributed by atoms with Crippen LogP contribution in [0.5, 0.6) is 28.7 Å². The third kappa shape index (κ3) is 7.12. The summed E-state index contributed by atoms with van der Waals surface area (Å²) < 4.78 is 23.1. The number of carbonyl (C=O) groups excluding carboxylic acids is 2. The van der Waals surface area contributed by atoms with E-state index in [1.54, 1.807) is 26.0 Å². The number of aryl methyl sites for hydroxylation is 1. The number of ether oxygens (including phenoxy) is 4. The lowest BCUT2D eigenvalue weighted by Crippen LogP contribution is -2.36. The smallest absolute Gasteiger partial charge is 0.347 e. The number of carboxylic acid groups (broad SMARTS) is 1. The molecule has 2 heterocycles. The lowest BCUT2D eigenvalue weighted by Gasteiger charge is -2.37. The summed E-state index contributed by atoms with van der Waals surface area (Å²) in [5.74, 6) is -0.787. The summed E-state index contributed by atoms with van der Waals surface area (Å²) in [6, 6.07) is 6.04. The highest BCUT2D eigenvalue weighted by Gasteiger charge is 2.34. The molecule has 1 aliphatic carbocycles. The van der Waals surface area contributed by atoms with Crippen molar-refractivity contribution in [3.63, 3.8) is 0 Å². The van der Waals surface area contributed by atoms with E-state index in [1.807, 2.05) is 0 Å². The van der Waals surface area contributed by atoms with Crippen molar-refractivity contribution in [2.75, 3.05) is 24.4 Å². The number of methoxy groups -OCH3 is 1. The first-order chi connectivity index (χ1) is 22.4. The molecular weight excluding hydrogens is 606 g/mol. The molecular formula is C35H41N3O9. The first-order valence-electron chi connectivity index (χ1n) is 15.7. The van der Waals surface area contributed by atoms with Crippen molar-refractivity contribution in [3.05, 3.63) is 58.3 Å². The van der Waals surface area contributed by atoms with Gasteiger partial charge in [-0.05, 0) is 74.3 Å². The van der Waals surface area contributed by atoms with Crippen molar-refractivity contribution < 1.29 is 43.5 Å². The number of hydrogen-bond donors (Lipinski definition) is 4. The van der Waals surface area contributed by atoms with E-state index in [0.29, 0.717) is 40.4 Å². The van der Waals surface area contributed by atoms with Crippen LogP contribution in [0.15, 0.2) is 30.5 Å². The molecule has 3 aromatic rings. The third-order valence-electron chi connectivity index (χ3n) is 8.94. The number of nitrogens with zero attached hydrogens (tertiary/aromatic N) is 1. The highest BCUT2D eigenvalue weighted by molar-refractivity contribution is 6.00. The first kappa shape index (κ1) is 33.5. The molecule has 5 rings (SSSR count). The van der Waals surface area contributed by atoms with E-state index in [9.17, 15) is 24.6 Å². The Morgan fingerprint density at radius 1 is 1.11 bits per heavy atom. The van der Waals surface area contributed by atoms with E-state index < -0.39 is 11.9 Å². The van der Waals surface area contributed by atoms with Gasteiger partial charge in [-0.25, -0.2) is 14.6 Å².